The normalized spacial score (nSPS) is 11.6. The number of hydrogen-bond acceptors (Lipinski definition) is 0. The molecule has 0 spiro atoms. The SMILES string of the molecule is Cc1ccccc1-c1cccc(-c2ccc(-n3c4ccccc4c4cc(C)c(-c5cc6ccccc6cc5C)cc43)c3ccccc23)c1. The zero-order valence-corrected chi connectivity index (χ0v) is 27.5. The van der Waals surface area contributed by atoms with Crippen LogP contribution in [0.25, 0.3) is 82.4 Å². The molecule has 8 aromatic carbocycles. The maximum Gasteiger partial charge on any atom is 0.0547 e. The van der Waals surface area contributed by atoms with Crippen LogP contribution in [0.5, 0.6) is 0 Å². The van der Waals surface area contributed by atoms with Crippen molar-refractivity contribution < 1.29 is 0 Å². The second-order valence-corrected chi connectivity index (χ2v) is 13.1. The van der Waals surface area contributed by atoms with Crippen molar-refractivity contribution in [2.75, 3.05) is 0 Å². The second-order valence-electron chi connectivity index (χ2n) is 13.1. The third-order valence-electron chi connectivity index (χ3n) is 10.2. The molecule has 0 aliphatic heterocycles. The molecule has 1 aromatic heterocycles. The van der Waals surface area contributed by atoms with Gasteiger partial charge in [-0.2, -0.15) is 0 Å². The van der Waals surface area contributed by atoms with E-state index in [0.717, 1.165) is 0 Å². The number of fused-ring (bicyclic) bond motifs is 5. The van der Waals surface area contributed by atoms with Crippen LogP contribution in [0.3, 0.4) is 0 Å². The van der Waals surface area contributed by atoms with Crippen molar-refractivity contribution in [2.24, 2.45) is 0 Å². The Labute approximate surface area is 281 Å². The van der Waals surface area contributed by atoms with Crippen LogP contribution in [0.2, 0.25) is 0 Å². The summed E-state index contributed by atoms with van der Waals surface area (Å²) in [6, 6.07) is 58.2. The van der Waals surface area contributed by atoms with Crippen LogP contribution in [-0.2, 0) is 0 Å². The molecule has 228 valence electrons. The molecule has 0 saturated heterocycles. The van der Waals surface area contributed by atoms with Gasteiger partial charge in [0.05, 0.1) is 16.7 Å². The van der Waals surface area contributed by atoms with E-state index in [1.807, 2.05) is 0 Å². The van der Waals surface area contributed by atoms with Crippen LogP contribution in [-0.4, -0.2) is 4.57 Å². The van der Waals surface area contributed by atoms with E-state index >= 15 is 0 Å². The molecule has 0 N–H and O–H groups in total. The van der Waals surface area contributed by atoms with Gasteiger partial charge in [-0.25, -0.2) is 0 Å². The fraction of sp³-hybridized carbons (Fsp3) is 0.0638. The third-order valence-corrected chi connectivity index (χ3v) is 10.2. The highest BCUT2D eigenvalue weighted by molar-refractivity contribution is 6.13. The summed E-state index contributed by atoms with van der Waals surface area (Å²) < 4.78 is 2.49. The maximum atomic E-state index is 2.49. The highest BCUT2D eigenvalue weighted by Gasteiger charge is 2.18. The zero-order valence-electron chi connectivity index (χ0n) is 27.5. The first kappa shape index (κ1) is 28.3. The Morgan fingerprint density at radius 1 is 0.333 bits per heavy atom. The van der Waals surface area contributed by atoms with Gasteiger partial charge in [-0.15, -0.1) is 0 Å². The summed E-state index contributed by atoms with van der Waals surface area (Å²) in [5.74, 6) is 0. The monoisotopic (exact) mass is 613 g/mol. The lowest BCUT2D eigenvalue weighted by atomic mass is 9.92. The Morgan fingerprint density at radius 3 is 1.77 bits per heavy atom. The minimum absolute atomic E-state index is 1.20. The first-order chi connectivity index (χ1) is 23.5. The molecule has 48 heavy (non-hydrogen) atoms. The first-order valence-electron chi connectivity index (χ1n) is 16.8. The smallest absolute Gasteiger partial charge is 0.0547 e. The third kappa shape index (κ3) is 4.47. The summed E-state index contributed by atoms with van der Waals surface area (Å²) in [6.07, 6.45) is 0. The summed E-state index contributed by atoms with van der Waals surface area (Å²) in [6.45, 7) is 6.68. The molecule has 1 heteroatoms. The van der Waals surface area contributed by atoms with Gasteiger partial charge in [0, 0.05) is 16.2 Å². The van der Waals surface area contributed by atoms with Crippen molar-refractivity contribution in [3.8, 4) is 39.1 Å². The van der Waals surface area contributed by atoms with Gasteiger partial charge in [-0.3, -0.25) is 0 Å². The summed E-state index contributed by atoms with van der Waals surface area (Å²) in [5.41, 5.74) is 15.1. The van der Waals surface area contributed by atoms with Gasteiger partial charge < -0.3 is 4.57 Å². The highest BCUT2D eigenvalue weighted by Crippen LogP contribution is 2.41. The number of aromatic nitrogens is 1. The van der Waals surface area contributed by atoms with Crippen molar-refractivity contribution in [1.29, 1.82) is 0 Å². The van der Waals surface area contributed by atoms with Gasteiger partial charge in [0.1, 0.15) is 0 Å². The molecule has 0 saturated carbocycles. The summed E-state index contributed by atoms with van der Waals surface area (Å²) in [5, 5.41) is 7.60. The van der Waals surface area contributed by atoms with E-state index in [-0.39, 0.29) is 0 Å². The predicted octanol–water partition coefficient (Wildman–Crippen LogP) is 13.0. The van der Waals surface area contributed by atoms with Crippen molar-refractivity contribution in [3.63, 3.8) is 0 Å². The van der Waals surface area contributed by atoms with E-state index in [1.165, 1.54) is 99.1 Å². The van der Waals surface area contributed by atoms with Crippen molar-refractivity contribution in [2.45, 2.75) is 20.8 Å². The number of rotatable bonds is 4. The predicted molar refractivity (Wildman–Crippen MR) is 206 cm³/mol. The molecule has 0 aliphatic rings. The maximum absolute atomic E-state index is 2.49. The fourth-order valence-electron chi connectivity index (χ4n) is 7.80. The lowest BCUT2D eigenvalue weighted by Crippen LogP contribution is -1.97. The Hall–Kier alpha value is -5.92. The average molecular weight is 614 g/mol. The fourth-order valence-corrected chi connectivity index (χ4v) is 7.80. The van der Waals surface area contributed by atoms with Crippen LogP contribution in [0.4, 0.5) is 0 Å². The molecule has 0 aliphatic carbocycles. The van der Waals surface area contributed by atoms with Gasteiger partial charge in [-0.1, -0.05) is 121 Å². The molecule has 0 unspecified atom stereocenters. The molecule has 1 heterocycles. The summed E-state index contributed by atoms with van der Waals surface area (Å²) >= 11 is 0. The van der Waals surface area contributed by atoms with E-state index in [0.29, 0.717) is 0 Å². The number of para-hydroxylation sites is 1. The van der Waals surface area contributed by atoms with Gasteiger partial charge in [0.25, 0.3) is 0 Å². The minimum atomic E-state index is 1.20. The second kappa shape index (κ2) is 11.1. The standard InChI is InChI=1S/C47H35N/c1-30-13-4-7-18-37(30)35-16-12-17-36(27-35)38-23-24-46(40-20-9-8-19-39(38)40)48-45-22-11-10-21-41(45)44-26-32(3)43(29-47(44)48)42-28-34-15-6-5-14-33(34)25-31(42)2/h4-29H,1-3H3. The van der Waals surface area contributed by atoms with Crippen LogP contribution >= 0.6 is 0 Å². The van der Waals surface area contributed by atoms with Crippen LogP contribution in [0.15, 0.2) is 158 Å². The van der Waals surface area contributed by atoms with Crippen molar-refractivity contribution >= 4 is 43.4 Å². The Bertz CT molecular complexity index is 2700. The van der Waals surface area contributed by atoms with Gasteiger partial charge in [0.15, 0.2) is 0 Å². The van der Waals surface area contributed by atoms with Gasteiger partial charge in [-0.05, 0) is 123 Å². The summed E-state index contributed by atoms with van der Waals surface area (Å²) in [7, 11) is 0. The van der Waals surface area contributed by atoms with Gasteiger partial charge in [0.2, 0.25) is 0 Å². The van der Waals surface area contributed by atoms with Crippen LogP contribution < -0.4 is 0 Å². The Morgan fingerprint density at radius 2 is 0.958 bits per heavy atom. The summed E-state index contributed by atoms with van der Waals surface area (Å²) in [4.78, 5) is 0. The number of benzene rings is 8. The Balaban J connectivity index is 1.29. The van der Waals surface area contributed by atoms with E-state index in [9.17, 15) is 0 Å². The zero-order chi connectivity index (χ0) is 32.4. The van der Waals surface area contributed by atoms with E-state index in [4.69, 9.17) is 0 Å². The largest absolute Gasteiger partial charge is 0.309 e. The molecule has 0 radical (unpaired) electrons. The van der Waals surface area contributed by atoms with E-state index < -0.39 is 0 Å². The number of aryl methyl sites for hydroxylation is 3. The van der Waals surface area contributed by atoms with Crippen molar-refractivity contribution in [3.05, 3.63) is 174 Å². The lowest BCUT2D eigenvalue weighted by Gasteiger charge is -2.17. The highest BCUT2D eigenvalue weighted by atomic mass is 15.0. The molecular weight excluding hydrogens is 579 g/mol. The van der Waals surface area contributed by atoms with E-state index in [1.54, 1.807) is 0 Å². The first-order valence-corrected chi connectivity index (χ1v) is 16.8. The van der Waals surface area contributed by atoms with Crippen LogP contribution in [0, 0.1) is 20.8 Å². The van der Waals surface area contributed by atoms with Gasteiger partial charge >= 0.3 is 0 Å². The molecular formula is C47H35N. The molecule has 0 atom stereocenters. The minimum Gasteiger partial charge on any atom is -0.309 e. The molecule has 1 nitrogen and oxygen atoms in total. The van der Waals surface area contributed by atoms with E-state index in [2.05, 4.69) is 183 Å². The van der Waals surface area contributed by atoms with Crippen LogP contribution in [0.1, 0.15) is 16.7 Å². The average Bonchev–Trinajstić information content (AvgIpc) is 3.43. The molecule has 0 amide bonds. The number of nitrogens with zero attached hydrogens (tertiary/aromatic N) is 1. The molecule has 0 fully saturated rings. The Kier molecular flexibility index (Phi) is 6.55. The number of hydrogen-bond donors (Lipinski definition) is 0. The van der Waals surface area contributed by atoms with Crippen molar-refractivity contribution in [1.82, 2.24) is 4.57 Å². The topological polar surface area (TPSA) is 4.93 Å². The lowest BCUT2D eigenvalue weighted by molar-refractivity contribution is 1.20. The quantitative estimate of drug-likeness (QED) is 0.186. The molecule has 0 bridgehead atoms. The molecule has 9 rings (SSSR count). The molecule has 9 aromatic rings.